The van der Waals surface area contributed by atoms with Gasteiger partial charge in [0.25, 0.3) is 5.91 Å². The minimum atomic E-state index is -3.66. The average molecular weight is 558 g/mol. The van der Waals surface area contributed by atoms with Crippen molar-refractivity contribution < 1.29 is 31.1 Å². The number of fused-ring (bicyclic) bond motifs is 1. The zero-order chi connectivity index (χ0) is 25.9. The molecule has 1 saturated heterocycles. The highest BCUT2D eigenvalue weighted by Crippen LogP contribution is 2.37. The third-order valence-electron chi connectivity index (χ3n) is 5.93. The van der Waals surface area contributed by atoms with E-state index in [1.54, 1.807) is 18.2 Å². The minimum absolute atomic E-state index is 0.124. The number of carbonyl (C=O) groups excluding carboxylic acids is 1. The van der Waals surface area contributed by atoms with Gasteiger partial charge in [-0.25, -0.2) is 16.8 Å². The number of hydrogen-bond donors (Lipinski definition) is 1. The molecule has 1 N–H and O–H groups in total. The van der Waals surface area contributed by atoms with Gasteiger partial charge in [-0.15, -0.1) is 0 Å². The predicted molar refractivity (Wildman–Crippen MR) is 136 cm³/mol. The van der Waals surface area contributed by atoms with Crippen molar-refractivity contribution in [3.05, 3.63) is 47.5 Å². The maximum Gasteiger partial charge on any atom is 0.263 e. The molecular formula is C23H28ClN3O7S2. The topological polar surface area (TPSA) is 122 Å². The summed E-state index contributed by atoms with van der Waals surface area (Å²) in [5.41, 5.74) is 0.281. The maximum atomic E-state index is 12.7. The van der Waals surface area contributed by atoms with Gasteiger partial charge in [0.1, 0.15) is 18.1 Å². The monoisotopic (exact) mass is 557 g/mol. The van der Waals surface area contributed by atoms with E-state index in [4.69, 9.17) is 21.1 Å². The Labute approximate surface area is 216 Å². The third-order valence-corrected chi connectivity index (χ3v) is 9.22. The van der Waals surface area contributed by atoms with Crippen molar-refractivity contribution >= 4 is 43.2 Å². The molecule has 2 aliphatic rings. The second kappa shape index (κ2) is 10.8. The summed E-state index contributed by atoms with van der Waals surface area (Å²) >= 11 is 5.99. The van der Waals surface area contributed by atoms with Gasteiger partial charge in [-0.2, -0.15) is 4.31 Å². The van der Waals surface area contributed by atoms with E-state index in [-0.39, 0.29) is 36.0 Å². The standard InChI is InChI=1S/C23H28ClN3O7S2/c1-35(29,30)27-16-22(34-21-10-5-17(24)15-20(21)27)23(28)25-11-14-33-18-6-8-19(9-7-18)36(31,32)26-12-3-2-4-13-26/h5-10,15,22H,2-4,11-14,16H2,1H3,(H,25,28)/t22-/m1/s1. The van der Waals surface area contributed by atoms with Gasteiger partial charge in [-0.05, 0) is 55.3 Å². The molecule has 0 bridgehead atoms. The third kappa shape index (κ3) is 6.05. The fourth-order valence-electron chi connectivity index (χ4n) is 4.09. The van der Waals surface area contributed by atoms with Crippen LogP contribution < -0.4 is 19.1 Å². The number of amides is 1. The number of halogens is 1. The van der Waals surface area contributed by atoms with Gasteiger partial charge in [-0.1, -0.05) is 18.0 Å². The smallest absolute Gasteiger partial charge is 0.263 e. The highest BCUT2D eigenvalue weighted by molar-refractivity contribution is 7.92. The predicted octanol–water partition coefficient (Wildman–Crippen LogP) is 2.24. The van der Waals surface area contributed by atoms with E-state index >= 15 is 0 Å². The van der Waals surface area contributed by atoms with Gasteiger partial charge in [0.15, 0.2) is 6.10 Å². The van der Waals surface area contributed by atoms with Crippen LogP contribution in [0.15, 0.2) is 47.4 Å². The van der Waals surface area contributed by atoms with Crippen molar-refractivity contribution in [2.45, 2.75) is 30.3 Å². The maximum absolute atomic E-state index is 12.7. The van der Waals surface area contributed by atoms with Crippen LogP contribution >= 0.6 is 11.6 Å². The van der Waals surface area contributed by atoms with Gasteiger partial charge in [0.05, 0.1) is 29.9 Å². The first-order valence-corrected chi connectivity index (χ1v) is 15.2. The van der Waals surface area contributed by atoms with Crippen molar-refractivity contribution in [1.82, 2.24) is 9.62 Å². The summed E-state index contributed by atoms with van der Waals surface area (Å²) in [6.07, 6.45) is 2.78. The number of carbonyl (C=O) groups is 1. The van der Waals surface area contributed by atoms with E-state index in [9.17, 15) is 21.6 Å². The molecule has 196 valence electrons. The van der Waals surface area contributed by atoms with E-state index in [0.29, 0.717) is 23.9 Å². The van der Waals surface area contributed by atoms with Crippen LogP contribution in [0, 0.1) is 0 Å². The first-order valence-electron chi connectivity index (χ1n) is 11.5. The van der Waals surface area contributed by atoms with Crippen LogP contribution in [0.5, 0.6) is 11.5 Å². The molecule has 36 heavy (non-hydrogen) atoms. The Hall–Kier alpha value is -2.54. The van der Waals surface area contributed by atoms with Gasteiger partial charge in [-0.3, -0.25) is 9.10 Å². The van der Waals surface area contributed by atoms with Crippen LogP contribution in [0.4, 0.5) is 5.69 Å². The zero-order valence-corrected chi connectivity index (χ0v) is 22.1. The number of rotatable bonds is 8. The Morgan fingerprint density at radius 2 is 1.78 bits per heavy atom. The molecule has 1 atom stereocenters. The fourth-order valence-corrected chi connectivity index (χ4v) is 6.68. The van der Waals surface area contributed by atoms with Crippen LogP contribution in [0.3, 0.4) is 0 Å². The van der Waals surface area contributed by atoms with E-state index in [1.165, 1.54) is 28.6 Å². The minimum Gasteiger partial charge on any atom is -0.492 e. The lowest BCUT2D eigenvalue weighted by molar-refractivity contribution is -0.127. The molecule has 0 aromatic heterocycles. The highest BCUT2D eigenvalue weighted by atomic mass is 35.5. The number of ether oxygens (including phenoxy) is 2. The Kier molecular flexibility index (Phi) is 7.98. The van der Waals surface area contributed by atoms with E-state index in [0.717, 1.165) is 29.8 Å². The summed E-state index contributed by atoms with van der Waals surface area (Å²) in [7, 11) is -7.17. The lowest BCUT2D eigenvalue weighted by atomic mass is 10.2. The van der Waals surface area contributed by atoms with Crippen molar-refractivity contribution in [1.29, 1.82) is 0 Å². The van der Waals surface area contributed by atoms with Crippen molar-refractivity contribution in [3.8, 4) is 11.5 Å². The highest BCUT2D eigenvalue weighted by Gasteiger charge is 2.35. The quantitative estimate of drug-likeness (QED) is 0.494. The van der Waals surface area contributed by atoms with Gasteiger partial charge in [0.2, 0.25) is 20.0 Å². The number of piperidine rings is 1. The second-order valence-corrected chi connectivity index (χ2v) is 12.9. The van der Waals surface area contributed by atoms with Gasteiger partial charge < -0.3 is 14.8 Å². The summed E-state index contributed by atoms with van der Waals surface area (Å²) in [5, 5.41) is 3.03. The molecule has 0 aliphatic carbocycles. The van der Waals surface area contributed by atoms with E-state index in [2.05, 4.69) is 5.32 Å². The number of nitrogens with one attached hydrogen (secondary N) is 1. The van der Waals surface area contributed by atoms with E-state index in [1.807, 2.05) is 0 Å². The molecule has 2 aliphatic heterocycles. The van der Waals surface area contributed by atoms with Crippen molar-refractivity contribution in [2.75, 3.05) is 43.3 Å². The number of benzene rings is 2. The largest absolute Gasteiger partial charge is 0.492 e. The molecule has 1 fully saturated rings. The van der Waals surface area contributed by atoms with Gasteiger partial charge in [0, 0.05) is 18.1 Å². The van der Waals surface area contributed by atoms with E-state index < -0.39 is 32.1 Å². The lowest BCUT2D eigenvalue weighted by Crippen LogP contribution is -2.51. The van der Waals surface area contributed by atoms with Crippen LogP contribution in [-0.4, -0.2) is 72.2 Å². The molecule has 2 aromatic rings. The molecule has 10 nitrogen and oxygen atoms in total. The molecule has 13 heteroatoms. The van der Waals surface area contributed by atoms with Crippen LogP contribution in [0.1, 0.15) is 19.3 Å². The molecule has 0 saturated carbocycles. The summed E-state index contributed by atoms with van der Waals surface area (Å²) < 4.78 is 63.9. The number of anilines is 1. The number of sulfonamides is 2. The molecular weight excluding hydrogens is 530 g/mol. The summed E-state index contributed by atoms with van der Waals surface area (Å²) in [5.74, 6) is 0.215. The SMILES string of the molecule is CS(=O)(=O)N1C[C@H](C(=O)NCCOc2ccc(S(=O)(=O)N3CCCCC3)cc2)Oc2ccc(Cl)cc21. The molecule has 4 rings (SSSR count). The Morgan fingerprint density at radius 1 is 1.08 bits per heavy atom. The Balaban J connectivity index is 1.30. The van der Waals surface area contributed by atoms with Crippen LogP contribution in [0.2, 0.25) is 5.02 Å². The lowest BCUT2D eigenvalue weighted by Gasteiger charge is -2.34. The zero-order valence-electron chi connectivity index (χ0n) is 19.7. The summed E-state index contributed by atoms with van der Waals surface area (Å²) in [6, 6.07) is 10.7. The van der Waals surface area contributed by atoms with Crippen molar-refractivity contribution in [3.63, 3.8) is 0 Å². The summed E-state index contributed by atoms with van der Waals surface area (Å²) in [6.45, 7) is 1.14. The second-order valence-electron chi connectivity index (χ2n) is 8.59. The number of nitrogens with zero attached hydrogens (tertiary/aromatic N) is 2. The van der Waals surface area contributed by atoms with Crippen LogP contribution in [-0.2, 0) is 24.8 Å². The normalized spacial score (nSPS) is 18.7. The first kappa shape index (κ1) is 26.5. The molecule has 1 amide bonds. The van der Waals surface area contributed by atoms with Crippen molar-refractivity contribution in [2.24, 2.45) is 0 Å². The first-order chi connectivity index (χ1) is 17.1. The molecule has 2 aromatic carbocycles. The molecule has 2 heterocycles. The molecule has 0 unspecified atom stereocenters. The molecule has 0 spiro atoms. The Bertz CT molecular complexity index is 1310. The molecule has 0 radical (unpaired) electrons. The number of hydrogen-bond acceptors (Lipinski definition) is 7. The fraction of sp³-hybridized carbons (Fsp3) is 0.435. The average Bonchev–Trinajstić information content (AvgIpc) is 2.86. The van der Waals surface area contributed by atoms with Crippen LogP contribution in [0.25, 0.3) is 0 Å². The Morgan fingerprint density at radius 3 is 2.44 bits per heavy atom. The van der Waals surface area contributed by atoms with Gasteiger partial charge >= 0.3 is 0 Å². The summed E-state index contributed by atoms with van der Waals surface area (Å²) in [4.78, 5) is 12.9.